The molecular formula is C23H21F3N4O2. The minimum Gasteiger partial charge on any atom is -0.345 e. The number of hydrogen-bond acceptors (Lipinski definition) is 3. The number of carbonyl (C=O) groups is 2. The number of alkyl halides is 3. The Morgan fingerprint density at radius 1 is 1.12 bits per heavy atom. The maximum Gasteiger partial charge on any atom is 0.449 e. The van der Waals surface area contributed by atoms with E-state index in [1.807, 2.05) is 30.3 Å². The highest BCUT2D eigenvalue weighted by Crippen LogP contribution is 2.34. The lowest BCUT2D eigenvalue weighted by molar-refractivity contribution is -0.144. The first-order valence-corrected chi connectivity index (χ1v) is 10.5. The molecule has 1 saturated heterocycles. The molecule has 5 rings (SSSR count). The molecule has 1 saturated carbocycles. The van der Waals surface area contributed by atoms with E-state index in [1.54, 1.807) is 17.0 Å². The van der Waals surface area contributed by atoms with Crippen LogP contribution in [-0.4, -0.2) is 39.3 Å². The number of likely N-dealkylation sites (tertiary alicyclic amines) is 1. The van der Waals surface area contributed by atoms with Gasteiger partial charge in [-0.05, 0) is 36.1 Å². The quantitative estimate of drug-likeness (QED) is 0.631. The van der Waals surface area contributed by atoms with Crippen LogP contribution in [0.1, 0.15) is 42.3 Å². The first-order chi connectivity index (χ1) is 15.3. The molecule has 2 N–H and O–H groups in total. The second-order valence-electron chi connectivity index (χ2n) is 8.39. The Bertz CT molecular complexity index is 1170. The van der Waals surface area contributed by atoms with Crippen LogP contribution in [0.25, 0.3) is 11.0 Å². The standard InChI is InChI=1S/C23H21F3N4O2/c24-23(25,26)22-27-17-9-6-14(10-18(17)28-22)20(13-4-2-1-3-5-13)29-21(32)15-11-19(31)30(12-15)16-7-8-16/h1-6,9-10,15-16,20H,7-8,11-12H2,(H,27,28)(H,29,32)/t15-,20+/m1/s1. The zero-order chi connectivity index (χ0) is 22.5. The van der Waals surface area contributed by atoms with E-state index in [9.17, 15) is 22.8 Å². The number of imidazole rings is 1. The Morgan fingerprint density at radius 3 is 2.56 bits per heavy atom. The molecule has 1 aliphatic heterocycles. The number of aromatic amines is 1. The Labute approximate surface area is 181 Å². The summed E-state index contributed by atoms with van der Waals surface area (Å²) in [6.45, 7) is 0.408. The number of aromatic nitrogens is 2. The number of H-pyrrole nitrogens is 1. The van der Waals surface area contributed by atoms with E-state index in [4.69, 9.17) is 0 Å². The van der Waals surface area contributed by atoms with E-state index < -0.39 is 24.0 Å². The number of nitrogens with zero attached hydrogens (tertiary/aromatic N) is 2. The number of halogens is 3. The highest BCUT2D eigenvalue weighted by molar-refractivity contribution is 5.90. The third-order valence-electron chi connectivity index (χ3n) is 6.04. The Balaban J connectivity index is 1.44. The summed E-state index contributed by atoms with van der Waals surface area (Å²) in [5.41, 5.74) is 1.85. The van der Waals surface area contributed by atoms with Crippen LogP contribution in [0.15, 0.2) is 48.5 Å². The van der Waals surface area contributed by atoms with E-state index in [2.05, 4.69) is 15.3 Å². The molecule has 0 bridgehead atoms. The Morgan fingerprint density at radius 2 is 1.88 bits per heavy atom. The summed E-state index contributed by atoms with van der Waals surface area (Å²) in [5, 5.41) is 3.02. The molecule has 6 nitrogen and oxygen atoms in total. The van der Waals surface area contributed by atoms with Gasteiger partial charge in [0.15, 0.2) is 0 Å². The number of rotatable bonds is 5. The lowest BCUT2D eigenvalue weighted by Gasteiger charge is -2.22. The van der Waals surface area contributed by atoms with Crippen molar-refractivity contribution in [2.75, 3.05) is 6.54 Å². The van der Waals surface area contributed by atoms with Crippen LogP contribution >= 0.6 is 0 Å². The summed E-state index contributed by atoms with van der Waals surface area (Å²) in [4.78, 5) is 33.1. The van der Waals surface area contributed by atoms with Crippen molar-refractivity contribution < 1.29 is 22.8 Å². The van der Waals surface area contributed by atoms with Crippen LogP contribution in [0.5, 0.6) is 0 Å². The Hall–Kier alpha value is -3.36. The van der Waals surface area contributed by atoms with Crippen molar-refractivity contribution in [3.8, 4) is 0 Å². The van der Waals surface area contributed by atoms with Crippen LogP contribution in [0.2, 0.25) is 0 Å². The van der Waals surface area contributed by atoms with Crippen LogP contribution < -0.4 is 5.32 Å². The van der Waals surface area contributed by atoms with Gasteiger partial charge in [-0.25, -0.2) is 4.98 Å². The number of fused-ring (bicyclic) bond motifs is 1. The van der Waals surface area contributed by atoms with Crippen LogP contribution in [0.3, 0.4) is 0 Å². The van der Waals surface area contributed by atoms with Gasteiger partial charge in [-0.1, -0.05) is 36.4 Å². The summed E-state index contributed by atoms with van der Waals surface area (Å²) in [5.74, 6) is -1.74. The zero-order valence-electron chi connectivity index (χ0n) is 17.0. The van der Waals surface area contributed by atoms with E-state index in [0.717, 1.165) is 18.4 Å². The number of nitrogens with one attached hydrogen (secondary N) is 2. The number of amides is 2. The highest BCUT2D eigenvalue weighted by Gasteiger charge is 2.42. The van der Waals surface area contributed by atoms with E-state index in [1.165, 1.54) is 6.07 Å². The fraction of sp³-hybridized carbons (Fsp3) is 0.348. The molecule has 0 unspecified atom stereocenters. The summed E-state index contributed by atoms with van der Waals surface area (Å²) in [6, 6.07) is 13.6. The second-order valence-corrected chi connectivity index (χ2v) is 8.39. The molecule has 0 radical (unpaired) electrons. The fourth-order valence-corrected chi connectivity index (χ4v) is 4.25. The summed E-state index contributed by atoms with van der Waals surface area (Å²) < 4.78 is 39.1. The SMILES string of the molecule is O=C(N[C@@H](c1ccccc1)c1ccc2nc(C(F)(F)F)[nH]c2c1)[C@@H]1CC(=O)N(C2CC2)C1. The summed E-state index contributed by atoms with van der Waals surface area (Å²) in [7, 11) is 0. The molecule has 2 aromatic carbocycles. The highest BCUT2D eigenvalue weighted by atomic mass is 19.4. The Kier molecular flexibility index (Phi) is 4.91. The van der Waals surface area contributed by atoms with Gasteiger partial charge in [-0.2, -0.15) is 13.2 Å². The largest absolute Gasteiger partial charge is 0.449 e. The number of carbonyl (C=O) groups excluding carboxylic acids is 2. The minimum absolute atomic E-state index is 0.00229. The van der Waals surface area contributed by atoms with Crippen molar-refractivity contribution in [2.24, 2.45) is 5.92 Å². The maximum absolute atomic E-state index is 13.1. The van der Waals surface area contributed by atoms with Crippen molar-refractivity contribution in [2.45, 2.75) is 37.5 Å². The van der Waals surface area contributed by atoms with Gasteiger partial charge in [0, 0.05) is 19.0 Å². The molecule has 1 aromatic heterocycles. The van der Waals surface area contributed by atoms with Crippen LogP contribution in [0.4, 0.5) is 13.2 Å². The van der Waals surface area contributed by atoms with E-state index >= 15 is 0 Å². The molecule has 9 heteroatoms. The van der Waals surface area contributed by atoms with Gasteiger partial charge in [-0.15, -0.1) is 0 Å². The summed E-state index contributed by atoms with van der Waals surface area (Å²) >= 11 is 0. The lowest BCUT2D eigenvalue weighted by Crippen LogP contribution is -2.36. The van der Waals surface area contributed by atoms with Gasteiger partial charge in [0.1, 0.15) is 0 Å². The first-order valence-electron chi connectivity index (χ1n) is 10.5. The molecule has 3 aromatic rings. The van der Waals surface area contributed by atoms with Crippen molar-refractivity contribution in [1.82, 2.24) is 20.2 Å². The van der Waals surface area contributed by atoms with Crippen LogP contribution in [-0.2, 0) is 15.8 Å². The third-order valence-corrected chi connectivity index (χ3v) is 6.04. The van der Waals surface area contributed by atoms with E-state index in [0.29, 0.717) is 12.1 Å². The van der Waals surface area contributed by atoms with Crippen molar-refractivity contribution >= 4 is 22.8 Å². The molecule has 2 amide bonds. The lowest BCUT2D eigenvalue weighted by atomic mass is 9.97. The molecule has 2 aliphatic rings. The van der Waals surface area contributed by atoms with E-state index in [-0.39, 0.29) is 35.3 Å². The smallest absolute Gasteiger partial charge is 0.345 e. The van der Waals surface area contributed by atoms with Crippen LogP contribution in [0, 0.1) is 5.92 Å². The zero-order valence-corrected chi connectivity index (χ0v) is 17.0. The van der Waals surface area contributed by atoms with Gasteiger partial charge >= 0.3 is 6.18 Å². The molecule has 32 heavy (non-hydrogen) atoms. The van der Waals surface area contributed by atoms with Gasteiger partial charge in [0.25, 0.3) is 0 Å². The second kappa shape index (κ2) is 7.65. The minimum atomic E-state index is -4.57. The fourth-order valence-electron chi connectivity index (χ4n) is 4.25. The number of hydrogen-bond donors (Lipinski definition) is 2. The topological polar surface area (TPSA) is 78.1 Å². The predicted octanol–water partition coefficient (Wildman–Crippen LogP) is 3.80. The molecule has 1 aliphatic carbocycles. The van der Waals surface area contributed by atoms with Gasteiger partial charge < -0.3 is 15.2 Å². The molecule has 0 spiro atoms. The normalized spacial score (nSPS) is 20.0. The first kappa shape index (κ1) is 20.5. The van der Waals surface area contributed by atoms with Gasteiger partial charge in [0.2, 0.25) is 17.6 Å². The average molecular weight is 442 g/mol. The molecule has 166 valence electrons. The molecular weight excluding hydrogens is 421 g/mol. The van der Waals surface area contributed by atoms with Gasteiger partial charge in [-0.3, -0.25) is 9.59 Å². The maximum atomic E-state index is 13.1. The van der Waals surface area contributed by atoms with Gasteiger partial charge in [0.05, 0.1) is 23.0 Å². The molecule has 2 atom stereocenters. The average Bonchev–Trinajstić information content (AvgIpc) is 3.38. The summed E-state index contributed by atoms with van der Waals surface area (Å²) in [6.07, 6.45) is -2.43. The molecule has 2 fully saturated rings. The van der Waals surface area contributed by atoms with Crippen molar-refractivity contribution in [1.29, 1.82) is 0 Å². The van der Waals surface area contributed by atoms with Crippen molar-refractivity contribution in [3.63, 3.8) is 0 Å². The third kappa shape index (κ3) is 3.94. The monoisotopic (exact) mass is 442 g/mol. The molecule has 2 heterocycles. The predicted molar refractivity (Wildman–Crippen MR) is 110 cm³/mol. The van der Waals surface area contributed by atoms with Crippen molar-refractivity contribution in [3.05, 3.63) is 65.5 Å². The number of benzene rings is 2.